The second-order valence-corrected chi connectivity index (χ2v) is 7.10. The van der Waals surface area contributed by atoms with Crippen molar-refractivity contribution in [1.82, 2.24) is 5.32 Å². The first kappa shape index (κ1) is 17.1. The van der Waals surface area contributed by atoms with Gasteiger partial charge in [0.25, 0.3) is 0 Å². The predicted octanol–water partition coefficient (Wildman–Crippen LogP) is 5.49. The SMILES string of the molecule is CCCNC(CCC)C(CC)Sc1ccc(Br)cc1. The van der Waals surface area contributed by atoms with Crippen LogP contribution in [0.15, 0.2) is 33.6 Å². The number of hydrogen-bond acceptors (Lipinski definition) is 2. The Labute approximate surface area is 131 Å². The van der Waals surface area contributed by atoms with E-state index in [9.17, 15) is 0 Å². The topological polar surface area (TPSA) is 12.0 Å². The predicted molar refractivity (Wildman–Crippen MR) is 91.1 cm³/mol. The highest BCUT2D eigenvalue weighted by Crippen LogP contribution is 2.30. The summed E-state index contributed by atoms with van der Waals surface area (Å²) in [5.74, 6) is 0. The third kappa shape index (κ3) is 6.33. The summed E-state index contributed by atoms with van der Waals surface area (Å²) in [5.41, 5.74) is 0. The Bertz CT molecular complexity index is 339. The third-order valence-electron chi connectivity index (χ3n) is 3.21. The highest BCUT2D eigenvalue weighted by molar-refractivity contribution is 9.10. The van der Waals surface area contributed by atoms with Crippen LogP contribution in [0.5, 0.6) is 0 Å². The minimum atomic E-state index is 0.628. The van der Waals surface area contributed by atoms with E-state index in [-0.39, 0.29) is 0 Å². The summed E-state index contributed by atoms with van der Waals surface area (Å²) in [6.45, 7) is 7.94. The first-order valence-corrected chi connectivity index (χ1v) is 9.04. The standard InChI is InChI=1S/C16H26BrNS/c1-4-7-15(18-12-5-2)16(6-3)19-14-10-8-13(17)9-11-14/h8-11,15-16,18H,4-7,12H2,1-3H3. The molecule has 0 fully saturated rings. The highest BCUT2D eigenvalue weighted by atomic mass is 79.9. The molecule has 0 amide bonds. The number of rotatable bonds is 9. The van der Waals surface area contributed by atoms with Crippen LogP contribution in [0.4, 0.5) is 0 Å². The first-order valence-electron chi connectivity index (χ1n) is 7.36. The third-order valence-corrected chi connectivity index (χ3v) is 5.25. The van der Waals surface area contributed by atoms with Gasteiger partial charge in [-0.15, -0.1) is 11.8 Å². The molecule has 0 saturated carbocycles. The Balaban J connectivity index is 2.64. The van der Waals surface area contributed by atoms with Gasteiger partial charge >= 0.3 is 0 Å². The molecule has 0 radical (unpaired) electrons. The molecule has 1 rings (SSSR count). The van der Waals surface area contributed by atoms with Gasteiger partial charge in [-0.1, -0.05) is 43.1 Å². The van der Waals surface area contributed by atoms with Crippen molar-refractivity contribution in [2.75, 3.05) is 6.54 Å². The van der Waals surface area contributed by atoms with Gasteiger partial charge in [-0.25, -0.2) is 0 Å². The highest BCUT2D eigenvalue weighted by Gasteiger charge is 2.19. The van der Waals surface area contributed by atoms with Crippen molar-refractivity contribution in [1.29, 1.82) is 0 Å². The fourth-order valence-corrected chi connectivity index (χ4v) is 3.67. The largest absolute Gasteiger partial charge is 0.313 e. The van der Waals surface area contributed by atoms with Gasteiger partial charge in [-0.3, -0.25) is 0 Å². The zero-order valence-corrected chi connectivity index (χ0v) is 14.7. The molecule has 19 heavy (non-hydrogen) atoms. The van der Waals surface area contributed by atoms with Crippen molar-refractivity contribution in [2.24, 2.45) is 0 Å². The summed E-state index contributed by atoms with van der Waals surface area (Å²) < 4.78 is 1.15. The van der Waals surface area contributed by atoms with Crippen LogP contribution in [0.3, 0.4) is 0 Å². The van der Waals surface area contributed by atoms with Crippen LogP contribution < -0.4 is 5.32 Å². The molecular weight excluding hydrogens is 318 g/mol. The zero-order chi connectivity index (χ0) is 14.1. The molecule has 0 spiro atoms. The van der Waals surface area contributed by atoms with Crippen LogP contribution in [0.1, 0.15) is 46.5 Å². The zero-order valence-electron chi connectivity index (χ0n) is 12.3. The van der Waals surface area contributed by atoms with Gasteiger partial charge < -0.3 is 5.32 Å². The normalized spacial score (nSPS) is 14.3. The lowest BCUT2D eigenvalue weighted by Gasteiger charge is -2.26. The van der Waals surface area contributed by atoms with Crippen molar-refractivity contribution >= 4 is 27.7 Å². The molecule has 2 unspecified atom stereocenters. The number of halogens is 1. The van der Waals surface area contributed by atoms with Crippen LogP contribution in [0.2, 0.25) is 0 Å². The smallest absolute Gasteiger partial charge is 0.0245 e. The lowest BCUT2D eigenvalue weighted by Crippen LogP contribution is -2.38. The van der Waals surface area contributed by atoms with Crippen molar-refractivity contribution in [3.63, 3.8) is 0 Å². The number of hydrogen-bond donors (Lipinski definition) is 1. The van der Waals surface area contributed by atoms with E-state index in [4.69, 9.17) is 0 Å². The van der Waals surface area contributed by atoms with Crippen molar-refractivity contribution in [2.45, 2.75) is 62.6 Å². The van der Waals surface area contributed by atoms with E-state index in [2.05, 4.69) is 66.3 Å². The molecule has 1 aromatic rings. The van der Waals surface area contributed by atoms with Gasteiger partial charge in [0.1, 0.15) is 0 Å². The first-order chi connectivity index (χ1) is 9.21. The maximum Gasteiger partial charge on any atom is 0.0245 e. The van der Waals surface area contributed by atoms with E-state index in [1.165, 1.54) is 30.6 Å². The summed E-state index contributed by atoms with van der Waals surface area (Å²) in [4.78, 5) is 1.37. The molecule has 0 heterocycles. The van der Waals surface area contributed by atoms with Crippen LogP contribution in [-0.2, 0) is 0 Å². The number of benzene rings is 1. The molecule has 0 saturated heterocycles. The van der Waals surface area contributed by atoms with Crippen LogP contribution in [-0.4, -0.2) is 17.8 Å². The molecule has 3 heteroatoms. The van der Waals surface area contributed by atoms with Crippen LogP contribution >= 0.6 is 27.7 Å². The van der Waals surface area contributed by atoms with Gasteiger partial charge in [-0.2, -0.15) is 0 Å². The van der Waals surface area contributed by atoms with Gasteiger partial charge in [0.05, 0.1) is 0 Å². The van der Waals surface area contributed by atoms with E-state index in [0.29, 0.717) is 11.3 Å². The van der Waals surface area contributed by atoms with E-state index in [0.717, 1.165) is 11.0 Å². The average Bonchev–Trinajstić information content (AvgIpc) is 2.43. The fourth-order valence-electron chi connectivity index (χ4n) is 2.20. The van der Waals surface area contributed by atoms with Gasteiger partial charge in [0.15, 0.2) is 0 Å². The summed E-state index contributed by atoms with van der Waals surface area (Å²) in [6, 6.07) is 9.30. The average molecular weight is 344 g/mol. The number of nitrogens with one attached hydrogen (secondary N) is 1. The monoisotopic (exact) mass is 343 g/mol. The molecule has 0 aromatic heterocycles. The lowest BCUT2D eigenvalue weighted by molar-refractivity contribution is 0.454. The summed E-state index contributed by atoms with van der Waals surface area (Å²) in [5, 5.41) is 4.38. The second kappa shape index (κ2) is 9.84. The molecule has 0 aliphatic carbocycles. The molecule has 1 aromatic carbocycles. The molecule has 108 valence electrons. The van der Waals surface area contributed by atoms with Crippen LogP contribution in [0.25, 0.3) is 0 Å². The Hall–Kier alpha value is 0.01000. The number of thioether (sulfide) groups is 1. The molecule has 1 N–H and O–H groups in total. The van der Waals surface area contributed by atoms with Crippen molar-refractivity contribution in [3.8, 4) is 0 Å². The molecular formula is C16H26BrNS. The summed E-state index contributed by atoms with van der Waals surface area (Å²) in [6.07, 6.45) is 4.93. The molecule has 0 aliphatic rings. The van der Waals surface area contributed by atoms with E-state index < -0.39 is 0 Å². The van der Waals surface area contributed by atoms with E-state index in [1.807, 2.05) is 11.8 Å². The van der Waals surface area contributed by atoms with Crippen LogP contribution in [0, 0.1) is 0 Å². The maximum absolute atomic E-state index is 3.72. The molecule has 2 atom stereocenters. The lowest BCUT2D eigenvalue weighted by atomic mass is 10.1. The Kier molecular flexibility index (Phi) is 8.84. The van der Waals surface area contributed by atoms with Gasteiger partial charge in [0, 0.05) is 20.7 Å². The van der Waals surface area contributed by atoms with Gasteiger partial charge in [0.2, 0.25) is 0 Å². The van der Waals surface area contributed by atoms with E-state index >= 15 is 0 Å². The van der Waals surface area contributed by atoms with Crippen molar-refractivity contribution in [3.05, 3.63) is 28.7 Å². The maximum atomic E-state index is 3.72. The van der Waals surface area contributed by atoms with E-state index in [1.54, 1.807) is 0 Å². The Morgan fingerprint density at radius 3 is 2.32 bits per heavy atom. The quantitative estimate of drug-likeness (QED) is 0.595. The Morgan fingerprint density at radius 2 is 1.79 bits per heavy atom. The molecule has 0 bridgehead atoms. The van der Waals surface area contributed by atoms with Crippen molar-refractivity contribution < 1.29 is 0 Å². The summed E-state index contributed by atoms with van der Waals surface area (Å²) >= 11 is 5.51. The second-order valence-electron chi connectivity index (χ2n) is 4.87. The Morgan fingerprint density at radius 1 is 1.11 bits per heavy atom. The fraction of sp³-hybridized carbons (Fsp3) is 0.625. The minimum absolute atomic E-state index is 0.628. The molecule has 0 aliphatic heterocycles. The van der Waals surface area contributed by atoms with Gasteiger partial charge in [-0.05, 0) is 50.1 Å². The minimum Gasteiger partial charge on any atom is -0.313 e. The molecule has 1 nitrogen and oxygen atoms in total. The summed E-state index contributed by atoms with van der Waals surface area (Å²) in [7, 11) is 0.